The Labute approximate surface area is 98.7 Å². The molecular weight excluding hydrogens is 198 g/mol. The maximum atomic E-state index is 5.71. The fourth-order valence-corrected chi connectivity index (χ4v) is 1.73. The summed E-state index contributed by atoms with van der Waals surface area (Å²) in [6.45, 7) is 4.17. The van der Waals surface area contributed by atoms with Gasteiger partial charge in [-0.25, -0.2) is 0 Å². The molecule has 0 radical (unpaired) electrons. The Morgan fingerprint density at radius 1 is 1.44 bits per heavy atom. The number of rotatable bonds is 7. The van der Waals surface area contributed by atoms with Gasteiger partial charge >= 0.3 is 0 Å². The van der Waals surface area contributed by atoms with Gasteiger partial charge in [0.25, 0.3) is 0 Å². The fraction of sp³-hybridized carbons (Fsp3) is 0.615. The predicted molar refractivity (Wildman–Crippen MR) is 68.1 cm³/mol. The molecule has 1 aromatic heterocycles. The lowest BCUT2D eigenvalue weighted by Gasteiger charge is -2.16. The largest absolute Gasteiger partial charge is 0.328 e. The van der Waals surface area contributed by atoms with Crippen molar-refractivity contribution in [2.24, 2.45) is 5.73 Å². The lowest BCUT2D eigenvalue weighted by Crippen LogP contribution is -2.20. The fourth-order valence-electron chi connectivity index (χ4n) is 1.73. The molecular formula is C13H23N3. The van der Waals surface area contributed by atoms with Crippen molar-refractivity contribution < 1.29 is 0 Å². The van der Waals surface area contributed by atoms with Gasteiger partial charge in [-0.1, -0.05) is 12.5 Å². The van der Waals surface area contributed by atoms with E-state index in [2.05, 4.69) is 29.9 Å². The van der Waals surface area contributed by atoms with Gasteiger partial charge in [-0.3, -0.25) is 4.98 Å². The number of aromatic nitrogens is 1. The number of nitrogens with two attached hydrogens (primary N) is 1. The second-order valence-corrected chi connectivity index (χ2v) is 4.57. The predicted octanol–water partition coefficient (Wildman–Crippen LogP) is 2.03. The summed E-state index contributed by atoms with van der Waals surface area (Å²) < 4.78 is 0. The van der Waals surface area contributed by atoms with Crippen LogP contribution >= 0.6 is 0 Å². The molecule has 1 unspecified atom stereocenters. The van der Waals surface area contributed by atoms with E-state index in [0.29, 0.717) is 6.04 Å². The normalized spacial score (nSPS) is 13.0. The zero-order chi connectivity index (χ0) is 11.8. The second-order valence-electron chi connectivity index (χ2n) is 4.57. The Morgan fingerprint density at radius 2 is 2.25 bits per heavy atom. The van der Waals surface area contributed by atoms with Gasteiger partial charge < -0.3 is 10.6 Å². The van der Waals surface area contributed by atoms with Crippen molar-refractivity contribution in [1.29, 1.82) is 0 Å². The molecule has 16 heavy (non-hydrogen) atoms. The molecule has 3 nitrogen and oxygen atoms in total. The first-order chi connectivity index (χ1) is 7.68. The highest BCUT2D eigenvalue weighted by molar-refractivity contribution is 5.07. The van der Waals surface area contributed by atoms with Crippen LogP contribution in [0.15, 0.2) is 24.5 Å². The smallest absolute Gasteiger partial charge is 0.0312 e. The summed E-state index contributed by atoms with van der Waals surface area (Å²) in [6.07, 6.45) is 7.30. The highest BCUT2D eigenvalue weighted by Crippen LogP contribution is 2.04. The minimum absolute atomic E-state index is 0.337. The molecule has 0 amide bonds. The lowest BCUT2D eigenvalue weighted by atomic mass is 10.1. The SMILES string of the molecule is CC(N)CCCCN(C)Cc1cccnc1. The molecule has 0 fully saturated rings. The van der Waals surface area contributed by atoms with Crippen molar-refractivity contribution in [2.75, 3.05) is 13.6 Å². The maximum Gasteiger partial charge on any atom is 0.0312 e. The van der Waals surface area contributed by atoms with Crippen LogP contribution in [0.3, 0.4) is 0 Å². The van der Waals surface area contributed by atoms with Gasteiger partial charge in [-0.15, -0.1) is 0 Å². The van der Waals surface area contributed by atoms with Gasteiger partial charge in [-0.2, -0.15) is 0 Å². The van der Waals surface area contributed by atoms with Gasteiger partial charge in [0.15, 0.2) is 0 Å². The third kappa shape index (κ3) is 5.83. The molecule has 3 heteroatoms. The summed E-state index contributed by atoms with van der Waals surface area (Å²) >= 11 is 0. The van der Waals surface area contributed by atoms with E-state index in [-0.39, 0.29) is 0 Å². The van der Waals surface area contributed by atoms with Crippen LogP contribution in [-0.2, 0) is 6.54 Å². The van der Waals surface area contributed by atoms with E-state index in [9.17, 15) is 0 Å². The van der Waals surface area contributed by atoms with E-state index in [1.807, 2.05) is 18.5 Å². The molecule has 0 bridgehead atoms. The molecule has 2 N–H and O–H groups in total. The number of unbranched alkanes of at least 4 members (excludes halogenated alkanes) is 1. The van der Waals surface area contributed by atoms with Crippen molar-refractivity contribution in [3.05, 3.63) is 30.1 Å². The van der Waals surface area contributed by atoms with E-state index in [1.54, 1.807) is 0 Å². The molecule has 1 aromatic rings. The molecule has 1 heterocycles. The Hall–Kier alpha value is -0.930. The zero-order valence-electron chi connectivity index (χ0n) is 10.4. The summed E-state index contributed by atoms with van der Waals surface area (Å²) in [7, 11) is 2.15. The third-order valence-electron chi connectivity index (χ3n) is 2.62. The number of pyridine rings is 1. The minimum Gasteiger partial charge on any atom is -0.328 e. The van der Waals surface area contributed by atoms with Crippen LogP contribution in [0.4, 0.5) is 0 Å². The Morgan fingerprint density at radius 3 is 2.88 bits per heavy atom. The van der Waals surface area contributed by atoms with E-state index in [1.165, 1.54) is 18.4 Å². The van der Waals surface area contributed by atoms with Gasteiger partial charge in [-0.05, 0) is 45.0 Å². The van der Waals surface area contributed by atoms with Crippen molar-refractivity contribution in [1.82, 2.24) is 9.88 Å². The quantitative estimate of drug-likeness (QED) is 0.716. The van der Waals surface area contributed by atoms with Crippen LogP contribution in [0.2, 0.25) is 0 Å². The molecule has 0 aromatic carbocycles. The third-order valence-corrected chi connectivity index (χ3v) is 2.62. The summed E-state index contributed by atoms with van der Waals surface area (Å²) in [5.74, 6) is 0. The number of hydrogen-bond acceptors (Lipinski definition) is 3. The maximum absolute atomic E-state index is 5.71. The molecule has 90 valence electrons. The van der Waals surface area contributed by atoms with Crippen molar-refractivity contribution >= 4 is 0 Å². The van der Waals surface area contributed by atoms with E-state index >= 15 is 0 Å². The Bertz CT molecular complexity index is 272. The average Bonchev–Trinajstić information content (AvgIpc) is 2.25. The van der Waals surface area contributed by atoms with Gasteiger partial charge in [0.2, 0.25) is 0 Å². The lowest BCUT2D eigenvalue weighted by molar-refractivity contribution is 0.315. The Balaban J connectivity index is 2.14. The minimum atomic E-state index is 0.337. The molecule has 1 rings (SSSR count). The Kier molecular flexibility index (Phi) is 6.04. The van der Waals surface area contributed by atoms with Crippen LogP contribution in [-0.4, -0.2) is 29.5 Å². The second kappa shape index (κ2) is 7.36. The number of nitrogens with zero attached hydrogens (tertiary/aromatic N) is 2. The summed E-state index contributed by atoms with van der Waals surface area (Å²) in [5.41, 5.74) is 6.99. The molecule has 0 aliphatic carbocycles. The van der Waals surface area contributed by atoms with E-state index in [4.69, 9.17) is 5.73 Å². The summed E-state index contributed by atoms with van der Waals surface area (Å²) in [4.78, 5) is 6.45. The van der Waals surface area contributed by atoms with Crippen molar-refractivity contribution in [3.63, 3.8) is 0 Å². The first-order valence-electron chi connectivity index (χ1n) is 6.01. The zero-order valence-corrected chi connectivity index (χ0v) is 10.4. The average molecular weight is 221 g/mol. The van der Waals surface area contributed by atoms with Crippen LogP contribution < -0.4 is 5.73 Å². The van der Waals surface area contributed by atoms with Gasteiger partial charge in [0.1, 0.15) is 0 Å². The summed E-state index contributed by atoms with van der Waals surface area (Å²) in [5, 5.41) is 0. The van der Waals surface area contributed by atoms with Crippen LogP contribution in [0.5, 0.6) is 0 Å². The van der Waals surface area contributed by atoms with Crippen molar-refractivity contribution in [3.8, 4) is 0 Å². The topological polar surface area (TPSA) is 42.1 Å². The number of hydrogen-bond donors (Lipinski definition) is 1. The van der Waals surface area contributed by atoms with E-state index in [0.717, 1.165) is 19.5 Å². The molecule has 0 aliphatic heterocycles. The highest BCUT2D eigenvalue weighted by atomic mass is 15.1. The van der Waals surface area contributed by atoms with E-state index < -0.39 is 0 Å². The van der Waals surface area contributed by atoms with Gasteiger partial charge in [0.05, 0.1) is 0 Å². The van der Waals surface area contributed by atoms with Crippen LogP contribution in [0, 0.1) is 0 Å². The molecule has 0 aliphatic rings. The molecule has 0 saturated heterocycles. The first kappa shape index (κ1) is 13.1. The van der Waals surface area contributed by atoms with Gasteiger partial charge in [0, 0.05) is 25.0 Å². The van der Waals surface area contributed by atoms with Crippen LogP contribution in [0.1, 0.15) is 31.7 Å². The molecule has 1 atom stereocenters. The monoisotopic (exact) mass is 221 g/mol. The first-order valence-corrected chi connectivity index (χ1v) is 6.01. The summed E-state index contributed by atoms with van der Waals surface area (Å²) in [6, 6.07) is 4.44. The van der Waals surface area contributed by atoms with Crippen LogP contribution in [0.25, 0.3) is 0 Å². The molecule has 0 saturated carbocycles. The standard InChI is InChI=1S/C13H23N3/c1-12(14)6-3-4-9-16(2)11-13-7-5-8-15-10-13/h5,7-8,10,12H,3-4,6,9,11,14H2,1-2H3. The van der Waals surface area contributed by atoms with Crippen molar-refractivity contribution in [2.45, 2.75) is 38.8 Å². The highest BCUT2D eigenvalue weighted by Gasteiger charge is 2.00. The molecule has 0 spiro atoms.